The zero-order chi connectivity index (χ0) is 10.4. The standard InChI is InChI=1S/C9H16N2O3/c1-2-4-10-8(12)6-11-7-3-5-14-9(7)13/h7,11H,2-6H2,1H3,(H,10,12). The molecular weight excluding hydrogens is 184 g/mol. The zero-order valence-corrected chi connectivity index (χ0v) is 8.34. The molecule has 14 heavy (non-hydrogen) atoms. The van der Waals surface area contributed by atoms with Crippen molar-refractivity contribution in [3.8, 4) is 0 Å². The number of esters is 1. The zero-order valence-electron chi connectivity index (χ0n) is 8.34. The van der Waals surface area contributed by atoms with Crippen molar-refractivity contribution in [1.82, 2.24) is 10.6 Å². The predicted octanol–water partition coefficient (Wildman–Crippen LogP) is -0.582. The van der Waals surface area contributed by atoms with Crippen molar-refractivity contribution in [2.24, 2.45) is 0 Å². The molecule has 5 heteroatoms. The molecule has 0 aromatic heterocycles. The Bertz CT molecular complexity index is 218. The number of amides is 1. The quantitative estimate of drug-likeness (QED) is 0.582. The molecule has 5 nitrogen and oxygen atoms in total. The van der Waals surface area contributed by atoms with Crippen molar-refractivity contribution in [3.05, 3.63) is 0 Å². The number of ether oxygens (including phenoxy) is 1. The SMILES string of the molecule is CCCNC(=O)CNC1CCOC1=O. The molecule has 1 fully saturated rings. The van der Waals surface area contributed by atoms with Gasteiger partial charge in [0.15, 0.2) is 0 Å². The Morgan fingerprint density at radius 3 is 3.00 bits per heavy atom. The van der Waals surface area contributed by atoms with E-state index in [1.54, 1.807) is 0 Å². The predicted molar refractivity (Wildman–Crippen MR) is 50.7 cm³/mol. The number of hydrogen-bond donors (Lipinski definition) is 2. The maximum atomic E-state index is 11.1. The molecule has 0 radical (unpaired) electrons. The number of hydrogen-bond acceptors (Lipinski definition) is 4. The third-order valence-electron chi connectivity index (χ3n) is 2.02. The van der Waals surface area contributed by atoms with E-state index in [0.29, 0.717) is 19.6 Å². The topological polar surface area (TPSA) is 67.4 Å². The van der Waals surface area contributed by atoms with Crippen molar-refractivity contribution in [1.29, 1.82) is 0 Å². The third kappa shape index (κ3) is 3.33. The highest BCUT2D eigenvalue weighted by Gasteiger charge is 2.26. The fourth-order valence-corrected chi connectivity index (χ4v) is 1.22. The Hall–Kier alpha value is -1.10. The van der Waals surface area contributed by atoms with Crippen molar-refractivity contribution >= 4 is 11.9 Å². The summed E-state index contributed by atoms with van der Waals surface area (Å²) in [6.45, 7) is 3.30. The van der Waals surface area contributed by atoms with Gasteiger partial charge >= 0.3 is 5.97 Å². The van der Waals surface area contributed by atoms with E-state index in [9.17, 15) is 9.59 Å². The Morgan fingerprint density at radius 1 is 1.64 bits per heavy atom. The average Bonchev–Trinajstić information content (AvgIpc) is 2.58. The summed E-state index contributed by atoms with van der Waals surface area (Å²) in [6, 6.07) is -0.303. The number of carbonyl (C=O) groups excluding carboxylic acids is 2. The molecule has 2 N–H and O–H groups in total. The molecule has 0 bridgehead atoms. The molecule has 1 saturated heterocycles. The minimum Gasteiger partial charge on any atom is -0.464 e. The van der Waals surface area contributed by atoms with Crippen LogP contribution in [0, 0.1) is 0 Å². The van der Waals surface area contributed by atoms with Crippen LogP contribution >= 0.6 is 0 Å². The van der Waals surface area contributed by atoms with Gasteiger partial charge in [0.1, 0.15) is 6.04 Å². The van der Waals surface area contributed by atoms with Crippen LogP contribution < -0.4 is 10.6 Å². The average molecular weight is 200 g/mol. The number of carbonyl (C=O) groups is 2. The van der Waals surface area contributed by atoms with Crippen LogP contribution in [0.4, 0.5) is 0 Å². The summed E-state index contributed by atoms with van der Waals surface area (Å²) < 4.78 is 4.75. The lowest BCUT2D eigenvalue weighted by molar-refractivity contribution is -0.139. The first-order chi connectivity index (χ1) is 6.74. The number of rotatable bonds is 5. The number of cyclic esters (lactones) is 1. The normalized spacial score (nSPS) is 20.6. The largest absolute Gasteiger partial charge is 0.464 e. The van der Waals surface area contributed by atoms with Crippen LogP contribution in [0.15, 0.2) is 0 Å². The van der Waals surface area contributed by atoms with Crippen LogP contribution in [0.1, 0.15) is 19.8 Å². The maximum absolute atomic E-state index is 11.1. The van der Waals surface area contributed by atoms with Gasteiger partial charge in [0, 0.05) is 13.0 Å². The van der Waals surface area contributed by atoms with Gasteiger partial charge in [-0.1, -0.05) is 6.92 Å². The summed E-state index contributed by atoms with van der Waals surface area (Å²) in [6.07, 6.45) is 1.57. The van der Waals surface area contributed by atoms with Gasteiger partial charge in [0.2, 0.25) is 5.91 Å². The first-order valence-electron chi connectivity index (χ1n) is 4.90. The fraction of sp³-hybridized carbons (Fsp3) is 0.778. The molecular formula is C9H16N2O3. The fourth-order valence-electron chi connectivity index (χ4n) is 1.22. The summed E-state index contributed by atoms with van der Waals surface area (Å²) >= 11 is 0. The van der Waals surface area contributed by atoms with E-state index in [2.05, 4.69) is 10.6 Å². The second-order valence-electron chi connectivity index (χ2n) is 3.24. The molecule has 1 rings (SSSR count). The van der Waals surface area contributed by atoms with Gasteiger partial charge in [-0.05, 0) is 6.42 Å². The van der Waals surface area contributed by atoms with Crippen molar-refractivity contribution < 1.29 is 14.3 Å². The van der Waals surface area contributed by atoms with Crippen molar-refractivity contribution in [3.63, 3.8) is 0 Å². The molecule has 0 aliphatic carbocycles. The third-order valence-corrected chi connectivity index (χ3v) is 2.02. The van der Waals surface area contributed by atoms with E-state index >= 15 is 0 Å². The van der Waals surface area contributed by atoms with Crippen LogP contribution in [0.3, 0.4) is 0 Å². The lowest BCUT2D eigenvalue weighted by atomic mass is 10.2. The second-order valence-corrected chi connectivity index (χ2v) is 3.24. The smallest absolute Gasteiger partial charge is 0.323 e. The van der Waals surface area contributed by atoms with Crippen molar-refractivity contribution in [2.45, 2.75) is 25.8 Å². The molecule has 80 valence electrons. The van der Waals surface area contributed by atoms with Crippen molar-refractivity contribution in [2.75, 3.05) is 19.7 Å². The summed E-state index contributed by atoms with van der Waals surface area (Å²) in [5.74, 6) is -0.333. The van der Waals surface area contributed by atoms with Gasteiger partial charge in [0.05, 0.1) is 13.2 Å². The van der Waals surface area contributed by atoms with E-state index in [1.165, 1.54) is 0 Å². The number of nitrogens with one attached hydrogen (secondary N) is 2. The van der Waals surface area contributed by atoms with E-state index < -0.39 is 0 Å². The molecule has 0 saturated carbocycles. The molecule has 0 aromatic rings. The van der Waals surface area contributed by atoms with Crippen LogP contribution in [-0.4, -0.2) is 37.6 Å². The summed E-state index contributed by atoms with van der Waals surface area (Å²) in [7, 11) is 0. The first kappa shape index (κ1) is 11.0. The highest BCUT2D eigenvalue weighted by molar-refractivity contribution is 5.81. The van der Waals surface area contributed by atoms with Crippen LogP contribution in [0.2, 0.25) is 0 Å². The molecule has 1 atom stereocenters. The van der Waals surface area contributed by atoms with Gasteiger partial charge in [-0.25, -0.2) is 0 Å². The van der Waals surface area contributed by atoms with Gasteiger partial charge in [-0.15, -0.1) is 0 Å². The Labute approximate surface area is 83.2 Å². The van der Waals surface area contributed by atoms with Gasteiger partial charge in [-0.2, -0.15) is 0 Å². The summed E-state index contributed by atoms with van der Waals surface area (Å²) in [5.41, 5.74) is 0. The van der Waals surface area contributed by atoms with Gasteiger partial charge in [0.25, 0.3) is 0 Å². The maximum Gasteiger partial charge on any atom is 0.323 e. The molecule has 0 spiro atoms. The molecule has 1 heterocycles. The molecule has 1 aliphatic rings. The van der Waals surface area contributed by atoms with E-state index in [1.807, 2.05) is 6.92 Å². The minimum absolute atomic E-state index is 0.0773. The Balaban J connectivity index is 2.13. The molecule has 0 aromatic carbocycles. The van der Waals surface area contributed by atoms with Gasteiger partial charge < -0.3 is 10.1 Å². The highest BCUT2D eigenvalue weighted by Crippen LogP contribution is 2.04. The van der Waals surface area contributed by atoms with Crippen LogP contribution in [-0.2, 0) is 14.3 Å². The summed E-state index contributed by atoms with van der Waals surface area (Å²) in [5, 5.41) is 5.57. The highest BCUT2D eigenvalue weighted by atomic mass is 16.5. The lowest BCUT2D eigenvalue weighted by Gasteiger charge is -2.08. The van der Waals surface area contributed by atoms with E-state index in [-0.39, 0.29) is 24.5 Å². The van der Waals surface area contributed by atoms with Crippen LogP contribution in [0.5, 0.6) is 0 Å². The Kier molecular flexibility index (Phi) is 4.39. The van der Waals surface area contributed by atoms with E-state index in [4.69, 9.17) is 4.74 Å². The minimum atomic E-state index is -0.303. The van der Waals surface area contributed by atoms with E-state index in [0.717, 1.165) is 6.42 Å². The first-order valence-corrected chi connectivity index (χ1v) is 4.90. The second kappa shape index (κ2) is 5.59. The monoisotopic (exact) mass is 200 g/mol. The Morgan fingerprint density at radius 2 is 2.43 bits per heavy atom. The lowest BCUT2D eigenvalue weighted by Crippen LogP contribution is -2.41. The molecule has 1 unspecified atom stereocenters. The van der Waals surface area contributed by atoms with Crippen LogP contribution in [0.25, 0.3) is 0 Å². The molecule has 1 amide bonds. The van der Waals surface area contributed by atoms with Gasteiger partial charge in [-0.3, -0.25) is 14.9 Å². The summed E-state index contributed by atoms with van der Waals surface area (Å²) in [4.78, 5) is 22.1. The molecule has 1 aliphatic heterocycles.